The molecule has 30 heavy (non-hydrogen) atoms. The molecule has 0 bridgehead atoms. The van der Waals surface area contributed by atoms with E-state index < -0.39 is 0 Å². The molecule has 3 aromatic rings. The van der Waals surface area contributed by atoms with Gasteiger partial charge in [-0.2, -0.15) is 0 Å². The van der Waals surface area contributed by atoms with E-state index in [0.29, 0.717) is 17.6 Å². The Kier molecular flexibility index (Phi) is 5.39. The second kappa shape index (κ2) is 8.31. The average Bonchev–Trinajstić information content (AvgIpc) is 3.47. The molecular formula is C21H30N8O. The van der Waals surface area contributed by atoms with Crippen LogP contribution >= 0.6 is 0 Å². The number of anilines is 1. The lowest BCUT2D eigenvalue weighted by Crippen LogP contribution is -2.42. The van der Waals surface area contributed by atoms with E-state index in [2.05, 4.69) is 36.6 Å². The molecule has 5 heterocycles. The SMILES string of the molecule is CCn1c(-c2nonc2N)nc2cncc(CN3CCCC3CN3CCCCC3)c21. The predicted molar refractivity (Wildman–Crippen MR) is 115 cm³/mol. The molecule has 3 aromatic heterocycles. The summed E-state index contributed by atoms with van der Waals surface area (Å²) in [6.45, 7) is 8.58. The lowest BCUT2D eigenvalue weighted by molar-refractivity contribution is 0.149. The van der Waals surface area contributed by atoms with E-state index in [1.807, 2.05) is 12.4 Å². The Morgan fingerprint density at radius 3 is 2.73 bits per heavy atom. The zero-order valence-electron chi connectivity index (χ0n) is 17.6. The van der Waals surface area contributed by atoms with Crippen LogP contribution in [0.3, 0.4) is 0 Å². The normalized spacial score (nSPS) is 21.0. The maximum atomic E-state index is 5.95. The summed E-state index contributed by atoms with van der Waals surface area (Å²) in [5.41, 5.74) is 9.60. The Morgan fingerprint density at radius 1 is 1.10 bits per heavy atom. The van der Waals surface area contributed by atoms with Gasteiger partial charge in [0.15, 0.2) is 17.3 Å². The zero-order valence-corrected chi connectivity index (χ0v) is 17.6. The van der Waals surface area contributed by atoms with Gasteiger partial charge in [-0.3, -0.25) is 9.88 Å². The van der Waals surface area contributed by atoms with E-state index in [9.17, 15) is 0 Å². The third-order valence-corrected chi connectivity index (χ3v) is 6.56. The number of nitrogens with two attached hydrogens (primary N) is 1. The molecule has 2 aliphatic rings. The molecule has 160 valence electrons. The van der Waals surface area contributed by atoms with Gasteiger partial charge < -0.3 is 15.2 Å². The summed E-state index contributed by atoms with van der Waals surface area (Å²) >= 11 is 0. The largest absolute Gasteiger partial charge is 0.379 e. The molecule has 1 atom stereocenters. The van der Waals surface area contributed by atoms with Crippen LogP contribution in [0.4, 0.5) is 5.82 Å². The first-order chi connectivity index (χ1) is 14.7. The first-order valence-electron chi connectivity index (χ1n) is 11.1. The number of aryl methyl sites for hydroxylation is 1. The molecule has 1 unspecified atom stereocenters. The number of aromatic nitrogens is 5. The second-order valence-electron chi connectivity index (χ2n) is 8.47. The number of likely N-dealkylation sites (tertiary alicyclic amines) is 2. The van der Waals surface area contributed by atoms with Crippen molar-refractivity contribution in [3.8, 4) is 11.5 Å². The van der Waals surface area contributed by atoms with Crippen LogP contribution in [0.5, 0.6) is 0 Å². The summed E-state index contributed by atoms with van der Waals surface area (Å²) in [4.78, 5) is 14.5. The summed E-state index contributed by atoms with van der Waals surface area (Å²) in [6.07, 6.45) is 10.4. The van der Waals surface area contributed by atoms with E-state index in [1.54, 1.807) is 0 Å². The van der Waals surface area contributed by atoms with E-state index >= 15 is 0 Å². The van der Waals surface area contributed by atoms with Gasteiger partial charge in [-0.05, 0) is 62.6 Å². The summed E-state index contributed by atoms with van der Waals surface area (Å²) in [7, 11) is 0. The topological polar surface area (TPSA) is 102 Å². The van der Waals surface area contributed by atoms with Gasteiger partial charge >= 0.3 is 0 Å². The average molecular weight is 411 g/mol. The van der Waals surface area contributed by atoms with Crippen molar-refractivity contribution in [3.63, 3.8) is 0 Å². The Morgan fingerprint density at radius 2 is 1.97 bits per heavy atom. The molecule has 0 saturated carbocycles. The van der Waals surface area contributed by atoms with Gasteiger partial charge in [0, 0.05) is 37.4 Å². The van der Waals surface area contributed by atoms with Gasteiger partial charge in [0.25, 0.3) is 0 Å². The van der Waals surface area contributed by atoms with E-state index in [0.717, 1.165) is 30.7 Å². The monoisotopic (exact) mass is 410 g/mol. The summed E-state index contributed by atoms with van der Waals surface area (Å²) in [6, 6.07) is 0.617. The van der Waals surface area contributed by atoms with E-state index in [1.165, 1.54) is 57.3 Å². The first kappa shape index (κ1) is 19.4. The highest BCUT2D eigenvalue weighted by Gasteiger charge is 2.28. The quantitative estimate of drug-likeness (QED) is 0.661. The van der Waals surface area contributed by atoms with Crippen molar-refractivity contribution in [2.24, 2.45) is 0 Å². The van der Waals surface area contributed by atoms with Crippen LogP contribution in [0, 0.1) is 0 Å². The lowest BCUT2D eigenvalue weighted by Gasteiger charge is -2.33. The second-order valence-corrected chi connectivity index (χ2v) is 8.47. The highest BCUT2D eigenvalue weighted by atomic mass is 16.6. The molecule has 0 radical (unpaired) electrons. The Labute approximate surface area is 176 Å². The molecule has 2 aliphatic heterocycles. The van der Waals surface area contributed by atoms with Crippen LogP contribution < -0.4 is 5.73 Å². The molecule has 0 spiro atoms. The number of nitrogens with zero attached hydrogens (tertiary/aromatic N) is 7. The van der Waals surface area contributed by atoms with Crippen molar-refractivity contribution in [1.29, 1.82) is 0 Å². The number of hydrogen-bond acceptors (Lipinski definition) is 8. The van der Waals surface area contributed by atoms with Gasteiger partial charge in [0.1, 0.15) is 5.52 Å². The Hall–Kier alpha value is -2.52. The molecule has 0 aromatic carbocycles. The van der Waals surface area contributed by atoms with Crippen molar-refractivity contribution in [2.75, 3.05) is 31.9 Å². The number of pyridine rings is 1. The zero-order chi connectivity index (χ0) is 20.5. The Balaban J connectivity index is 1.44. The van der Waals surface area contributed by atoms with E-state index in [-0.39, 0.29) is 5.82 Å². The maximum Gasteiger partial charge on any atom is 0.199 e. The Bertz CT molecular complexity index is 1010. The summed E-state index contributed by atoms with van der Waals surface area (Å²) < 4.78 is 6.96. The number of piperidine rings is 1. The highest BCUT2D eigenvalue weighted by molar-refractivity contribution is 5.83. The minimum absolute atomic E-state index is 0.260. The van der Waals surface area contributed by atoms with Crippen LogP contribution in [0.15, 0.2) is 17.0 Å². The number of rotatable bonds is 6. The number of nitrogen functional groups attached to an aromatic ring is 1. The van der Waals surface area contributed by atoms with Gasteiger partial charge in [-0.25, -0.2) is 9.61 Å². The number of fused-ring (bicyclic) bond motifs is 1. The van der Waals surface area contributed by atoms with Gasteiger partial charge in [0.05, 0.1) is 11.7 Å². The van der Waals surface area contributed by atoms with Crippen molar-refractivity contribution in [1.82, 2.24) is 34.6 Å². The third-order valence-electron chi connectivity index (χ3n) is 6.56. The number of hydrogen-bond donors (Lipinski definition) is 1. The predicted octanol–water partition coefficient (Wildman–Crippen LogP) is 2.53. The molecule has 2 N–H and O–H groups in total. The molecule has 9 nitrogen and oxygen atoms in total. The molecule has 2 fully saturated rings. The highest BCUT2D eigenvalue weighted by Crippen LogP contribution is 2.30. The smallest absolute Gasteiger partial charge is 0.199 e. The molecule has 0 amide bonds. The van der Waals surface area contributed by atoms with Crippen molar-refractivity contribution in [2.45, 2.75) is 58.2 Å². The third kappa shape index (κ3) is 3.56. The fraction of sp³-hybridized carbons (Fsp3) is 0.619. The van der Waals surface area contributed by atoms with Crippen molar-refractivity contribution >= 4 is 16.9 Å². The van der Waals surface area contributed by atoms with Gasteiger partial charge in [-0.1, -0.05) is 6.42 Å². The molecule has 5 rings (SSSR count). The van der Waals surface area contributed by atoms with Crippen LogP contribution in [0.1, 0.15) is 44.6 Å². The fourth-order valence-corrected chi connectivity index (χ4v) is 5.08. The first-order valence-corrected chi connectivity index (χ1v) is 11.1. The van der Waals surface area contributed by atoms with Crippen molar-refractivity contribution in [3.05, 3.63) is 18.0 Å². The molecular weight excluding hydrogens is 380 g/mol. The number of imidazole rings is 1. The van der Waals surface area contributed by atoms with Crippen LogP contribution in [-0.2, 0) is 13.1 Å². The molecule has 2 saturated heterocycles. The maximum absolute atomic E-state index is 5.95. The molecule has 9 heteroatoms. The van der Waals surface area contributed by atoms with E-state index in [4.69, 9.17) is 15.3 Å². The standard InChI is InChI=1S/C21H30N8O/c1-2-29-19-15(11-23-12-17(19)24-21(29)18-20(22)26-30-25-18)13-28-10-6-7-16(28)14-27-8-4-3-5-9-27/h11-12,16H,2-10,13-14H2,1H3,(H2,22,26). The minimum atomic E-state index is 0.260. The summed E-state index contributed by atoms with van der Waals surface area (Å²) in [5, 5.41) is 7.69. The molecule has 0 aliphatic carbocycles. The van der Waals surface area contributed by atoms with Gasteiger partial charge in [0.2, 0.25) is 0 Å². The summed E-state index contributed by atoms with van der Waals surface area (Å²) in [5.74, 6) is 0.947. The van der Waals surface area contributed by atoms with Crippen LogP contribution in [-0.4, -0.2) is 66.9 Å². The fourth-order valence-electron chi connectivity index (χ4n) is 5.08. The van der Waals surface area contributed by atoms with Gasteiger partial charge in [-0.15, -0.1) is 0 Å². The van der Waals surface area contributed by atoms with Crippen LogP contribution in [0.25, 0.3) is 22.6 Å². The van der Waals surface area contributed by atoms with Crippen LogP contribution in [0.2, 0.25) is 0 Å². The van der Waals surface area contributed by atoms with Crippen molar-refractivity contribution < 1.29 is 4.63 Å². The minimum Gasteiger partial charge on any atom is -0.379 e. The lowest BCUT2D eigenvalue weighted by atomic mass is 10.1.